The largest absolute Gasteiger partial charge is 0.382 e. The lowest BCUT2D eigenvalue weighted by Gasteiger charge is -2.05. The Morgan fingerprint density at radius 1 is 1.25 bits per heavy atom. The van der Waals surface area contributed by atoms with Gasteiger partial charge in [-0.3, -0.25) is 4.79 Å². The van der Waals surface area contributed by atoms with Crippen LogP contribution in [0.2, 0.25) is 0 Å². The lowest BCUT2D eigenvalue weighted by atomic mass is 10.2. The molecule has 0 aliphatic heterocycles. The van der Waals surface area contributed by atoms with Crippen LogP contribution in [0.4, 0.5) is 10.2 Å². The fourth-order valence-corrected chi connectivity index (χ4v) is 1.37. The zero-order valence-electron chi connectivity index (χ0n) is 8.43. The average Bonchev–Trinajstić information content (AvgIpc) is 2.27. The quantitative estimate of drug-likeness (QED) is 0.820. The maximum Gasteiger partial charge on any atom is 0.267 e. The number of nitrogen functional groups attached to an aromatic ring is 1. The van der Waals surface area contributed by atoms with Gasteiger partial charge < -0.3 is 5.73 Å². The van der Waals surface area contributed by atoms with Crippen molar-refractivity contribution >= 4 is 5.82 Å². The van der Waals surface area contributed by atoms with Crippen molar-refractivity contribution in [3.63, 3.8) is 0 Å². The van der Waals surface area contributed by atoms with Crippen molar-refractivity contribution < 1.29 is 4.39 Å². The Hall–Kier alpha value is -2.17. The summed E-state index contributed by atoms with van der Waals surface area (Å²) in [7, 11) is 0. The summed E-state index contributed by atoms with van der Waals surface area (Å²) >= 11 is 0. The average molecular weight is 219 g/mol. The first-order valence-corrected chi connectivity index (χ1v) is 4.74. The molecule has 16 heavy (non-hydrogen) atoms. The van der Waals surface area contributed by atoms with Crippen LogP contribution in [-0.4, -0.2) is 9.78 Å². The highest BCUT2D eigenvalue weighted by Crippen LogP contribution is 2.06. The van der Waals surface area contributed by atoms with E-state index in [4.69, 9.17) is 5.73 Å². The summed E-state index contributed by atoms with van der Waals surface area (Å²) in [6, 6.07) is 8.97. The highest BCUT2D eigenvalue weighted by molar-refractivity contribution is 5.24. The van der Waals surface area contributed by atoms with Crippen LogP contribution in [0.1, 0.15) is 5.56 Å². The minimum absolute atomic E-state index is 0.0799. The summed E-state index contributed by atoms with van der Waals surface area (Å²) in [5.74, 6) is -0.130. The Morgan fingerprint density at radius 3 is 2.75 bits per heavy atom. The molecule has 0 saturated carbocycles. The molecule has 5 heteroatoms. The SMILES string of the molecule is Nc1ccc(=O)n(Cc2ccccc2F)n1. The number of hydrogen-bond acceptors (Lipinski definition) is 3. The second-order valence-electron chi connectivity index (χ2n) is 3.35. The molecule has 0 amide bonds. The molecule has 0 aliphatic carbocycles. The first-order valence-electron chi connectivity index (χ1n) is 4.74. The standard InChI is InChI=1S/C11H10FN3O/c12-9-4-2-1-3-8(9)7-15-11(16)6-5-10(13)14-15/h1-6H,7H2,(H2,13,14). The third kappa shape index (κ3) is 2.08. The Kier molecular flexibility index (Phi) is 2.68. The normalized spacial score (nSPS) is 10.3. The van der Waals surface area contributed by atoms with Crippen LogP contribution < -0.4 is 11.3 Å². The van der Waals surface area contributed by atoms with Gasteiger partial charge in [0, 0.05) is 11.6 Å². The van der Waals surface area contributed by atoms with Crippen molar-refractivity contribution in [1.82, 2.24) is 9.78 Å². The summed E-state index contributed by atoms with van der Waals surface area (Å²) in [6.07, 6.45) is 0. The lowest BCUT2D eigenvalue weighted by Crippen LogP contribution is -2.23. The van der Waals surface area contributed by atoms with Gasteiger partial charge in [-0.2, -0.15) is 5.10 Å². The van der Waals surface area contributed by atoms with Crippen molar-refractivity contribution in [1.29, 1.82) is 0 Å². The molecule has 0 unspecified atom stereocenters. The Bertz CT molecular complexity index is 565. The minimum atomic E-state index is -0.362. The van der Waals surface area contributed by atoms with Crippen molar-refractivity contribution in [2.45, 2.75) is 6.54 Å². The van der Waals surface area contributed by atoms with Crippen molar-refractivity contribution in [3.05, 3.63) is 58.1 Å². The van der Waals surface area contributed by atoms with E-state index in [1.165, 1.54) is 18.2 Å². The Labute approximate surface area is 91.1 Å². The van der Waals surface area contributed by atoms with E-state index in [1.807, 2.05) is 0 Å². The highest BCUT2D eigenvalue weighted by atomic mass is 19.1. The lowest BCUT2D eigenvalue weighted by molar-refractivity contribution is 0.574. The number of halogens is 1. The molecule has 2 rings (SSSR count). The molecule has 0 radical (unpaired) electrons. The first-order chi connectivity index (χ1) is 7.66. The van der Waals surface area contributed by atoms with E-state index in [0.29, 0.717) is 5.56 Å². The van der Waals surface area contributed by atoms with E-state index in [-0.39, 0.29) is 23.7 Å². The monoisotopic (exact) mass is 219 g/mol. The smallest absolute Gasteiger partial charge is 0.267 e. The van der Waals surface area contributed by atoms with Gasteiger partial charge in [0.1, 0.15) is 11.6 Å². The molecular formula is C11H10FN3O. The topological polar surface area (TPSA) is 60.9 Å². The molecule has 1 aromatic heterocycles. The van der Waals surface area contributed by atoms with Gasteiger partial charge in [0.05, 0.1) is 6.54 Å². The molecule has 0 saturated heterocycles. The Morgan fingerprint density at radius 2 is 2.00 bits per heavy atom. The fraction of sp³-hybridized carbons (Fsp3) is 0.0909. The van der Waals surface area contributed by atoms with E-state index in [2.05, 4.69) is 5.10 Å². The third-order valence-corrected chi connectivity index (χ3v) is 2.17. The Balaban J connectivity index is 2.38. The van der Waals surface area contributed by atoms with Gasteiger partial charge in [-0.1, -0.05) is 18.2 Å². The predicted octanol–water partition coefficient (Wildman–Crippen LogP) is 1.01. The number of anilines is 1. The second kappa shape index (κ2) is 4.14. The maximum absolute atomic E-state index is 13.3. The molecule has 2 N–H and O–H groups in total. The van der Waals surface area contributed by atoms with E-state index in [1.54, 1.807) is 18.2 Å². The van der Waals surface area contributed by atoms with Crippen molar-refractivity contribution in [2.24, 2.45) is 0 Å². The summed E-state index contributed by atoms with van der Waals surface area (Å²) < 4.78 is 14.5. The third-order valence-electron chi connectivity index (χ3n) is 2.17. The van der Waals surface area contributed by atoms with Crippen LogP contribution in [0, 0.1) is 5.82 Å². The fourth-order valence-electron chi connectivity index (χ4n) is 1.37. The molecule has 0 fully saturated rings. The maximum atomic E-state index is 13.3. The number of rotatable bonds is 2. The van der Waals surface area contributed by atoms with E-state index in [0.717, 1.165) is 4.68 Å². The van der Waals surface area contributed by atoms with Gasteiger partial charge in [-0.25, -0.2) is 9.07 Å². The van der Waals surface area contributed by atoms with Crippen LogP contribution >= 0.6 is 0 Å². The van der Waals surface area contributed by atoms with Crippen molar-refractivity contribution in [2.75, 3.05) is 5.73 Å². The van der Waals surface area contributed by atoms with Crippen LogP contribution in [0.25, 0.3) is 0 Å². The molecule has 0 aliphatic rings. The second-order valence-corrected chi connectivity index (χ2v) is 3.35. The molecule has 2 aromatic rings. The van der Waals surface area contributed by atoms with Gasteiger partial charge in [0.25, 0.3) is 5.56 Å². The van der Waals surface area contributed by atoms with Gasteiger partial charge in [-0.15, -0.1) is 0 Å². The number of nitrogens with zero attached hydrogens (tertiary/aromatic N) is 2. The van der Waals surface area contributed by atoms with E-state index < -0.39 is 0 Å². The highest BCUT2D eigenvalue weighted by Gasteiger charge is 2.04. The molecule has 4 nitrogen and oxygen atoms in total. The zero-order chi connectivity index (χ0) is 11.5. The van der Waals surface area contributed by atoms with Gasteiger partial charge in [-0.05, 0) is 12.1 Å². The molecule has 0 atom stereocenters. The number of hydrogen-bond donors (Lipinski definition) is 1. The van der Waals surface area contributed by atoms with Crippen LogP contribution in [0.15, 0.2) is 41.2 Å². The number of nitrogens with two attached hydrogens (primary N) is 1. The molecule has 82 valence electrons. The molecular weight excluding hydrogens is 209 g/mol. The molecule has 1 heterocycles. The molecule has 0 bridgehead atoms. The van der Waals surface area contributed by atoms with Crippen LogP contribution in [0.5, 0.6) is 0 Å². The molecule has 1 aromatic carbocycles. The van der Waals surface area contributed by atoms with Gasteiger partial charge in [0.15, 0.2) is 0 Å². The summed E-state index contributed by atoms with van der Waals surface area (Å²) in [4.78, 5) is 11.4. The predicted molar refractivity (Wildman–Crippen MR) is 58.4 cm³/mol. The number of aromatic nitrogens is 2. The van der Waals surface area contributed by atoms with Crippen LogP contribution in [0.3, 0.4) is 0 Å². The van der Waals surface area contributed by atoms with E-state index >= 15 is 0 Å². The minimum Gasteiger partial charge on any atom is -0.382 e. The summed E-state index contributed by atoms with van der Waals surface area (Å²) in [6.45, 7) is 0.0799. The summed E-state index contributed by atoms with van der Waals surface area (Å²) in [5, 5.41) is 3.82. The zero-order valence-corrected chi connectivity index (χ0v) is 8.43. The summed E-state index contributed by atoms with van der Waals surface area (Å²) in [5.41, 5.74) is 5.55. The molecule has 0 spiro atoms. The number of benzene rings is 1. The van der Waals surface area contributed by atoms with Crippen LogP contribution in [-0.2, 0) is 6.54 Å². The first kappa shape index (κ1) is 10.4. The van der Waals surface area contributed by atoms with E-state index in [9.17, 15) is 9.18 Å². The van der Waals surface area contributed by atoms with Gasteiger partial charge in [0.2, 0.25) is 0 Å². The van der Waals surface area contributed by atoms with Gasteiger partial charge >= 0.3 is 0 Å². The van der Waals surface area contributed by atoms with Crippen molar-refractivity contribution in [3.8, 4) is 0 Å².